The third-order valence-electron chi connectivity index (χ3n) is 12.1. The molecule has 0 aliphatic heterocycles. The summed E-state index contributed by atoms with van der Waals surface area (Å²) in [6, 6.07) is 78.8. The van der Waals surface area contributed by atoms with Crippen LogP contribution in [0.4, 0.5) is 0 Å². The second-order valence-corrected chi connectivity index (χ2v) is 16.8. The van der Waals surface area contributed by atoms with E-state index in [2.05, 4.69) is 200 Å². The van der Waals surface area contributed by atoms with E-state index in [0.717, 1.165) is 33.5 Å². The van der Waals surface area contributed by atoms with Crippen molar-refractivity contribution in [1.29, 1.82) is 0 Å². The van der Waals surface area contributed by atoms with Gasteiger partial charge in [0, 0.05) is 31.8 Å². The molecular formula is C58H36N2S. The van der Waals surface area contributed by atoms with Crippen molar-refractivity contribution < 1.29 is 0 Å². The summed E-state index contributed by atoms with van der Waals surface area (Å²) in [5.41, 5.74) is 11.0. The normalized spacial score (nSPS) is 11.6. The summed E-state index contributed by atoms with van der Waals surface area (Å²) in [6.45, 7) is 0. The fraction of sp³-hybridized carbons (Fsp3) is 0. The van der Waals surface area contributed by atoms with E-state index in [-0.39, 0.29) is 0 Å². The molecule has 0 unspecified atom stereocenters. The number of hydrogen-bond acceptors (Lipinski definition) is 3. The van der Waals surface area contributed by atoms with Crippen molar-refractivity contribution in [1.82, 2.24) is 9.97 Å². The highest BCUT2D eigenvalue weighted by Gasteiger charge is 2.20. The van der Waals surface area contributed by atoms with Gasteiger partial charge in [-0.3, -0.25) is 0 Å². The maximum atomic E-state index is 5.24. The van der Waals surface area contributed by atoms with Gasteiger partial charge in [0.05, 0.1) is 11.4 Å². The third kappa shape index (κ3) is 6.09. The first kappa shape index (κ1) is 35.2. The molecule has 10 aromatic carbocycles. The van der Waals surface area contributed by atoms with Crippen molar-refractivity contribution in [3.05, 3.63) is 218 Å². The molecule has 0 bridgehead atoms. The standard InChI is InChI=1S/C58H36N2S/c1-3-16-38(17-4-1)55-48-24-12-13-25-49(48)56(57-45-21-9-7-15-37(45)31-32-50(55)57)44-30-28-40-33-42(29-27-41(40)34-44)51-36-52(60-58(59-51)39-18-5-2-6-19-39)46-22-10-11-23-47(46)54-35-43-20-8-14-26-53(43)61-54/h1-36H. The minimum Gasteiger partial charge on any atom is -0.228 e. The van der Waals surface area contributed by atoms with E-state index in [1.54, 1.807) is 0 Å². The molecule has 0 aliphatic carbocycles. The highest BCUT2D eigenvalue weighted by molar-refractivity contribution is 7.22. The molecule has 12 aromatic rings. The molecule has 3 heteroatoms. The highest BCUT2D eigenvalue weighted by Crippen LogP contribution is 2.47. The highest BCUT2D eigenvalue weighted by atomic mass is 32.1. The Labute approximate surface area is 357 Å². The Bertz CT molecular complexity index is 3610. The molecule has 0 saturated heterocycles. The summed E-state index contributed by atoms with van der Waals surface area (Å²) in [4.78, 5) is 11.7. The lowest BCUT2D eigenvalue weighted by Gasteiger charge is -2.19. The van der Waals surface area contributed by atoms with Crippen LogP contribution in [0.25, 0.3) is 120 Å². The predicted molar refractivity (Wildman–Crippen MR) is 260 cm³/mol. The fourth-order valence-electron chi connectivity index (χ4n) is 9.21. The zero-order chi connectivity index (χ0) is 40.3. The van der Waals surface area contributed by atoms with Gasteiger partial charge in [-0.15, -0.1) is 11.3 Å². The van der Waals surface area contributed by atoms with Gasteiger partial charge in [-0.25, -0.2) is 9.97 Å². The molecule has 2 nitrogen and oxygen atoms in total. The molecule has 0 amide bonds. The van der Waals surface area contributed by atoms with E-state index in [9.17, 15) is 0 Å². The molecule has 2 heterocycles. The van der Waals surface area contributed by atoms with Crippen molar-refractivity contribution >= 4 is 64.5 Å². The first-order valence-corrected chi connectivity index (χ1v) is 21.5. The van der Waals surface area contributed by atoms with Crippen molar-refractivity contribution in [2.24, 2.45) is 0 Å². The van der Waals surface area contributed by atoms with Gasteiger partial charge < -0.3 is 0 Å². The largest absolute Gasteiger partial charge is 0.228 e. The summed E-state index contributed by atoms with van der Waals surface area (Å²) in [5.74, 6) is 0.708. The SMILES string of the molecule is c1ccc(-c2nc(-c3ccc4cc(-c5c6ccccc6c(-c6ccccc6)c6ccc7ccccc7c56)ccc4c3)cc(-c3ccccc3-c3cc4ccccc4s3)n2)cc1. The van der Waals surface area contributed by atoms with Gasteiger partial charge in [0.1, 0.15) is 0 Å². The topological polar surface area (TPSA) is 25.8 Å². The average molecular weight is 793 g/mol. The Balaban J connectivity index is 1.03. The van der Waals surface area contributed by atoms with Crippen molar-refractivity contribution in [2.45, 2.75) is 0 Å². The Morgan fingerprint density at radius 1 is 0.311 bits per heavy atom. The number of nitrogens with zero attached hydrogens (tertiary/aromatic N) is 2. The van der Waals surface area contributed by atoms with Gasteiger partial charge in [0.2, 0.25) is 0 Å². The van der Waals surface area contributed by atoms with Crippen molar-refractivity contribution in [3.8, 4) is 66.6 Å². The molecule has 284 valence electrons. The zero-order valence-corrected chi connectivity index (χ0v) is 33.9. The van der Waals surface area contributed by atoms with Crippen LogP contribution in [0.15, 0.2) is 218 Å². The summed E-state index contributed by atoms with van der Waals surface area (Å²) in [7, 11) is 0. The lowest BCUT2D eigenvalue weighted by Crippen LogP contribution is -1.97. The van der Waals surface area contributed by atoms with Crippen LogP contribution in [0.3, 0.4) is 0 Å². The number of thiophene rings is 1. The Hall–Kier alpha value is -7.72. The minimum atomic E-state index is 0.708. The van der Waals surface area contributed by atoms with Crippen LogP contribution in [0.1, 0.15) is 0 Å². The number of rotatable bonds is 6. The van der Waals surface area contributed by atoms with Crippen LogP contribution in [0.2, 0.25) is 0 Å². The molecule has 0 fully saturated rings. The smallest absolute Gasteiger partial charge is 0.160 e. The first-order valence-electron chi connectivity index (χ1n) is 20.7. The number of benzene rings is 10. The number of aromatic nitrogens is 2. The molecule has 0 N–H and O–H groups in total. The lowest BCUT2D eigenvalue weighted by atomic mass is 9.83. The van der Waals surface area contributed by atoms with Gasteiger partial charge in [-0.05, 0) is 101 Å². The lowest BCUT2D eigenvalue weighted by molar-refractivity contribution is 1.18. The molecule has 0 spiro atoms. The molecule has 0 saturated carbocycles. The van der Waals surface area contributed by atoms with Crippen molar-refractivity contribution in [3.63, 3.8) is 0 Å². The van der Waals surface area contributed by atoms with Gasteiger partial charge in [0.15, 0.2) is 5.82 Å². The van der Waals surface area contributed by atoms with Crippen LogP contribution in [-0.2, 0) is 0 Å². The third-order valence-corrected chi connectivity index (χ3v) is 13.2. The Morgan fingerprint density at radius 3 is 1.66 bits per heavy atom. The van der Waals surface area contributed by atoms with Crippen LogP contribution in [0.5, 0.6) is 0 Å². The number of hydrogen-bond donors (Lipinski definition) is 0. The van der Waals surface area contributed by atoms with Crippen LogP contribution in [-0.4, -0.2) is 9.97 Å². The fourth-order valence-corrected chi connectivity index (χ4v) is 10.3. The summed E-state index contributed by atoms with van der Waals surface area (Å²) in [5, 5.41) is 11.1. The summed E-state index contributed by atoms with van der Waals surface area (Å²) in [6.07, 6.45) is 0. The molecular weight excluding hydrogens is 757 g/mol. The molecule has 0 atom stereocenters. The van der Waals surface area contributed by atoms with E-state index in [1.807, 2.05) is 29.5 Å². The maximum Gasteiger partial charge on any atom is 0.160 e. The molecule has 12 rings (SSSR count). The van der Waals surface area contributed by atoms with E-state index in [1.165, 1.54) is 80.5 Å². The van der Waals surface area contributed by atoms with E-state index >= 15 is 0 Å². The average Bonchev–Trinajstić information content (AvgIpc) is 3.78. The van der Waals surface area contributed by atoms with E-state index in [4.69, 9.17) is 9.97 Å². The van der Waals surface area contributed by atoms with Crippen LogP contribution >= 0.6 is 11.3 Å². The predicted octanol–water partition coefficient (Wildman–Crippen LogP) is 16.3. The molecule has 2 aromatic heterocycles. The van der Waals surface area contributed by atoms with Gasteiger partial charge >= 0.3 is 0 Å². The van der Waals surface area contributed by atoms with E-state index < -0.39 is 0 Å². The summed E-state index contributed by atoms with van der Waals surface area (Å²) >= 11 is 1.82. The van der Waals surface area contributed by atoms with E-state index in [0.29, 0.717) is 5.82 Å². The monoisotopic (exact) mass is 792 g/mol. The maximum absolute atomic E-state index is 5.24. The molecule has 61 heavy (non-hydrogen) atoms. The second kappa shape index (κ2) is 14.5. The quantitative estimate of drug-likeness (QED) is 0.124. The van der Waals surface area contributed by atoms with Gasteiger partial charge in [-0.2, -0.15) is 0 Å². The molecule has 0 aliphatic rings. The molecule has 0 radical (unpaired) electrons. The second-order valence-electron chi connectivity index (χ2n) is 15.7. The summed E-state index contributed by atoms with van der Waals surface area (Å²) < 4.78 is 1.28. The van der Waals surface area contributed by atoms with Crippen molar-refractivity contribution in [2.75, 3.05) is 0 Å². The minimum absolute atomic E-state index is 0.708. The van der Waals surface area contributed by atoms with Gasteiger partial charge in [-0.1, -0.05) is 188 Å². The Kier molecular flexibility index (Phi) is 8.39. The first-order chi connectivity index (χ1) is 30.2. The Morgan fingerprint density at radius 2 is 0.885 bits per heavy atom. The van der Waals surface area contributed by atoms with Crippen LogP contribution in [0, 0.1) is 0 Å². The van der Waals surface area contributed by atoms with Gasteiger partial charge in [0.25, 0.3) is 0 Å². The number of fused-ring (bicyclic) bond motifs is 6. The van der Waals surface area contributed by atoms with Crippen LogP contribution < -0.4 is 0 Å². The zero-order valence-electron chi connectivity index (χ0n) is 33.1.